The molecular formula is C22H12ClF4N3O2. The van der Waals surface area contributed by atoms with Crippen molar-refractivity contribution in [3.8, 4) is 11.3 Å². The van der Waals surface area contributed by atoms with E-state index in [0.29, 0.717) is 21.4 Å². The van der Waals surface area contributed by atoms with Crippen molar-refractivity contribution in [1.82, 2.24) is 9.89 Å². The second-order valence-electron chi connectivity index (χ2n) is 6.84. The van der Waals surface area contributed by atoms with Gasteiger partial charge in [-0.1, -0.05) is 23.7 Å². The molecule has 1 amide bonds. The molecule has 0 bridgehead atoms. The zero-order valence-electron chi connectivity index (χ0n) is 16.0. The van der Waals surface area contributed by atoms with E-state index in [0.717, 1.165) is 24.3 Å². The number of benzene rings is 3. The number of nitrogens with one attached hydrogen (secondary N) is 1. The Hall–Kier alpha value is -3.72. The van der Waals surface area contributed by atoms with Crippen molar-refractivity contribution >= 4 is 28.3 Å². The standard InChI is InChI=1S/C22H12ClF4N3O2/c23-13-3-1-12(2-4-13)21-19-16(26)5-6-17(27)20(19)22(32)30(29-21)28-18(31)9-11-7-14(24)10-15(25)8-11/h1-8,10H,9H2,(H,28,31). The minimum Gasteiger partial charge on any atom is -0.273 e. The van der Waals surface area contributed by atoms with E-state index in [4.69, 9.17) is 11.6 Å². The Balaban J connectivity index is 1.82. The number of aromatic nitrogens is 2. The molecular weight excluding hydrogens is 450 g/mol. The second-order valence-corrected chi connectivity index (χ2v) is 7.28. The summed E-state index contributed by atoms with van der Waals surface area (Å²) in [6, 6.07) is 10.2. The summed E-state index contributed by atoms with van der Waals surface area (Å²) in [4.78, 5) is 25.6. The van der Waals surface area contributed by atoms with Crippen molar-refractivity contribution in [1.29, 1.82) is 0 Å². The molecule has 0 aliphatic carbocycles. The molecule has 4 aromatic rings. The Morgan fingerprint density at radius 1 is 0.906 bits per heavy atom. The summed E-state index contributed by atoms with van der Waals surface area (Å²) in [5.74, 6) is -4.51. The molecule has 1 N–H and O–H groups in total. The molecule has 162 valence electrons. The van der Waals surface area contributed by atoms with Crippen LogP contribution >= 0.6 is 11.6 Å². The molecule has 0 atom stereocenters. The van der Waals surface area contributed by atoms with Crippen molar-refractivity contribution in [3.05, 3.63) is 98.8 Å². The maximum Gasteiger partial charge on any atom is 0.297 e. The molecule has 1 aromatic heterocycles. The third-order valence-corrected chi connectivity index (χ3v) is 4.83. The number of amides is 1. The average Bonchev–Trinajstić information content (AvgIpc) is 2.72. The Morgan fingerprint density at radius 2 is 1.50 bits per heavy atom. The number of carbonyl (C=O) groups excluding carboxylic acids is 1. The molecule has 32 heavy (non-hydrogen) atoms. The number of halogens is 5. The van der Waals surface area contributed by atoms with Crippen molar-refractivity contribution in [2.45, 2.75) is 6.42 Å². The van der Waals surface area contributed by atoms with E-state index in [-0.39, 0.29) is 16.6 Å². The number of rotatable bonds is 4. The number of fused-ring (bicyclic) bond motifs is 1. The van der Waals surface area contributed by atoms with Gasteiger partial charge in [-0.25, -0.2) is 23.0 Å². The van der Waals surface area contributed by atoms with Gasteiger partial charge in [-0.15, -0.1) is 9.89 Å². The van der Waals surface area contributed by atoms with Crippen LogP contribution in [-0.4, -0.2) is 15.8 Å². The van der Waals surface area contributed by atoms with Gasteiger partial charge in [-0.2, -0.15) is 0 Å². The molecule has 0 saturated heterocycles. The van der Waals surface area contributed by atoms with Gasteiger partial charge in [0.15, 0.2) is 0 Å². The first-order valence-electron chi connectivity index (χ1n) is 9.15. The van der Waals surface area contributed by atoms with Crippen LogP contribution in [0.15, 0.2) is 59.4 Å². The first-order valence-corrected chi connectivity index (χ1v) is 9.52. The number of hydrogen-bond donors (Lipinski definition) is 1. The molecule has 10 heteroatoms. The molecule has 0 aliphatic rings. The molecule has 0 fully saturated rings. The van der Waals surface area contributed by atoms with Gasteiger partial charge in [0.2, 0.25) is 5.91 Å². The highest BCUT2D eigenvalue weighted by Crippen LogP contribution is 2.29. The topological polar surface area (TPSA) is 64.0 Å². The number of hydrogen-bond acceptors (Lipinski definition) is 3. The zero-order chi connectivity index (χ0) is 23.0. The van der Waals surface area contributed by atoms with Gasteiger partial charge in [0, 0.05) is 16.7 Å². The summed E-state index contributed by atoms with van der Waals surface area (Å²) < 4.78 is 55.8. The van der Waals surface area contributed by atoms with Gasteiger partial charge < -0.3 is 0 Å². The molecule has 0 unspecified atom stereocenters. The normalized spacial score (nSPS) is 11.0. The summed E-state index contributed by atoms with van der Waals surface area (Å²) in [6.45, 7) is 0. The molecule has 3 aromatic carbocycles. The Kier molecular flexibility index (Phi) is 5.67. The highest BCUT2D eigenvalue weighted by Gasteiger charge is 2.20. The summed E-state index contributed by atoms with van der Waals surface area (Å²) in [6.07, 6.45) is -0.497. The van der Waals surface area contributed by atoms with Crippen LogP contribution in [0.4, 0.5) is 17.6 Å². The van der Waals surface area contributed by atoms with Gasteiger partial charge in [-0.3, -0.25) is 9.59 Å². The van der Waals surface area contributed by atoms with Gasteiger partial charge in [0.1, 0.15) is 29.0 Å². The SMILES string of the molecule is O=C(Cc1cc(F)cc(F)c1)Nn1nc(-c2ccc(Cl)cc2)c2c(F)ccc(F)c2c1=O. The highest BCUT2D eigenvalue weighted by molar-refractivity contribution is 6.30. The largest absolute Gasteiger partial charge is 0.297 e. The van der Waals surface area contributed by atoms with Crippen LogP contribution < -0.4 is 11.0 Å². The van der Waals surface area contributed by atoms with Gasteiger partial charge >= 0.3 is 0 Å². The van der Waals surface area contributed by atoms with Crippen LogP contribution in [0.3, 0.4) is 0 Å². The van der Waals surface area contributed by atoms with Crippen molar-refractivity contribution in [2.24, 2.45) is 0 Å². The van der Waals surface area contributed by atoms with Crippen LogP contribution in [0.2, 0.25) is 5.02 Å². The van der Waals surface area contributed by atoms with E-state index < -0.39 is 46.5 Å². The van der Waals surface area contributed by atoms with E-state index in [1.165, 1.54) is 24.3 Å². The van der Waals surface area contributed by atoms with Crippen molar-refractivity contribution < 1.29 is 22.4 Å². The monoisotopic (exact) mass is 461 g/mol. The zero-order valence-corrected chi connectivity index (χ0v) is 16.8. The molecule has 0 aliphatic heterocycles. The summed E-state index contributed by atoms with van der Waals surface area (Å²) in [7, 11) is 0. The lowest BCUT2D eigenvalue weighted by Gasteiger charge is -2.13. The predicted molar refractivity (Wildman–Crippen MR) is 111 cm³/mol. The van der Waals surface area contributed by atoms with Gasteiger partial charge in [-0.05, 0) is 42.0 Å². The second kappa shape index (κ2) is 8.43. The lowest BCUT2D eigenvalue weighted by atomic mass is 10.0. The first kappa shape index (κ1) is 21.5. The third kappa shape index (κ3) is 4.19. The van der Waals surface area contributed by atoms with E-state index in [1.807, 2.05) is 0 Å². The van der Waals surface area contributed by atoms with Crippen LogP contribution in [-0.2, 0) is 11.2 Å². The fraction of sp³-hybridized carbons (Fsp3) is 0.0455. The molecule has 0 saturated carbocycles. The fourth-order valence-corrected chi connectivity index (χ4v) is 3.36. The minimum absolute atomic E-state index is 0.00369. The summed E-state index contributed by atoms with van der Waals surface area (Å²) in [5, 5.41) is 3.39. The maximum absolute atomic E-state index is 14.6. The molecule has 0 radical (unpaired) electrons. The van der Waals surface area contributed by atoms with Gasteiger partial charge in [0.05, 0.1) is 17.2 Å². The Morgan fingerprint density at radius 3 is 2.12 bits per heavy atom. The number of nitrogens with zero attached hydrogens (tertiary/aromatic N) is 2. The van der Waals surface area contributed by atoms with Crippen LogP contribution in [0.5, 0.6) is 0 Å². The van der Waals surface area contributed by atoms with Crippen molar-refractivity contribution in [2.75, 3.05) is 5.43 Å². The summed E-state index contributed by atoms with van der Waals surface area (Å²) >= 11 is 5.88. The third-order valence-electron chi connectivity index (χ3n) is 4.58. The lowest BCUT2D eigenvalue weighted by molar-refractivity contribution is -0.116. The highest BCUT2D eigenvalue weighted by atomic mass is 35.5. The fourth-order valence-electron chi connectivity index (χ4n) is 3.24. The molecule has 5 nitrogen and oxygen atoms in total. The summed E-state index contributed by atoms with van der Waals surface area (Å²) in [5.41, 5.74) is 1.22. The van der Waals surface area contributed by atoms with Crippen LogP contribution in [0.1, 0.15) is 5.56 Å². The van der Waals surface area contributed by atoms with Gasteiger partial charge in [0.25, 0.3) is 5.56 Å². The van der Waals surface area contributed by atoms with Crippen LogP contribution in [0, 0.1) is 23.3 Å². The van der Waals surface area contributed by atoms with Crippen LogP contribution in [0.25, 0.3) is 22.0 Å². The number of carbonyl (C=O) groups is 1. The minimum atomic E-state index is -1.12. The Bertz CT molecular complexity index is 1400. The maximum atomic E-state index is 14.6. The molecule has 0 spiro atoms. The first-order chi connectivity index (χ1) is 15.2. The molecule has 1 heterocycles. The molecule has 4 rings (SSSR count). The van der Waals surface area contributed by atoms with Crippen molar-refractivity contribution in [3.63, 3.8) is 0 Å². The lowest BCUT2D eigenvalue weighted by Crippen LogP contribution is -2.36. The van der Waals surface area contributed by atoms with E-state index in [9.17, 15) is 27.2 Å². The van der Waals surface area contributed by atoms with E-state index >= 15 is 0 Å². The average molecular weight is 462 g/mol. The quantitative estimate of drug-likeness (QED) is 0.452. The predicted octanol–water partition coefficient (Wildman–Crippen LogP) is 4.59. The van der Waals surface area contributed by atoms with E-state index in [1.54, 1.807) is 0 Å². The van der Waals surface area contributed by atoms with E-state index in [2.05, 4.69) is 10.5 Å². The smallest absolute Gasteiger partial charge is 0.273 e. The Labute approximate surface area is 182 Å².